The molecule has 3 N–H and O–H groups in total. The number of nitrogens with one attached hydrogen (secondary N) is 1. The van der Waals surface area contributed by atoms with E-state index in [1.165, 1.54) is 6.07 Å². The number of hydrogen-bond donors (Lipinski definition) is 2. The van der Waals surface area contributed by atoms with E-state index in [-0.39, 0.29) is 4.90 Å². The summed E-state index contributed by atoms with van der Waals surface area (Å²) in [6, 6.07) is 12.7. The van der Waals surface area contributed by atoms with Gasteiger partial charge >= 0.3 is 0 Å². The molecular formula is C14H15BrN2O2S. The molecule has 0 saturated carbocycles. The smallest absolute Gasteiger partial charge is 0.238 e. The van der Waals surface area contributed by atoms with Gasteiger partial charge in [-0.05, 0) is 42.3 Å². The monoisotopic (exact) mass is 354 g/mol. The van der Waals surface area contributed by atoms with Gasteiger partial charge in [-0.25, -0.2) is 13.6 Å². The predicted molar refractivity (Wildman–Crippen MR) is 84.0 cm³/mol. The molecule has 0 saturated heterocycles. The Kier molecular flexibility index (Phi) is 4.47. The maximum atomic E-state index is 11.4. The Balaban J connectivity index is 2.21. The van der Waals surface area contributed by atoms with E-state index < -0.39 is 10.0 Å². The number of nitrogens with two attached hydrogens (primary N) is 1. The second-order valence-corrected chi connectivity index (χ2v) is 6.98. The lowest BCUT2D eigenvalue weighted by molar-refractivity contribution is 0.598. The first kappa shape index (κ1) is 15.0. The van der Waals surface area contributed by atoms with Gasteiger partial charge in [0.05, 0.1) is 4.90 Å². The van der Waals surface area contributed by atoms with Crippen molar-refractivity contribution < 1.29 is 8.42 Å². The molecule has 20 heavy (non-hydrogen) atoms. The third-order valence-corrected chi connectivity index (χ3v) is 4.31. The van der Waals surface area contributed by atoms with E-state index in [0.29, 0.717) is 6.54 Å². The van der Waals surface area contributed by atoms with Gasteiger partial charge in [-0.15, -0.1) is 0 Å². The van der Waals surface area contributed by atoms with Crippen molar-refractivity contribution in [1.29, 1.82) is 0 Å². The quantitative estimate of drug-likeness (QED) is 0.886. The highest BCUT2D eigenvalue weighted by atomic mass is 79.9. The van der Waals surface area contributed by atoms with Gasteiger partial charge in [-0.1, -0.05) is 34.1 Å². The van der Waals surface area contributed by atoms with Crippen LogP contribution in [0, 0.1) is 6.92 Å². The lowest BCUT2D eigenvalue weighted by Gasteiger charge is -2.11. The average Bonchev–Trinajstić information content (AvgIpc) is 2.36. The van der Waals surface area contributed by atoms with Gasteiger partial charge in [0, 0.05) is 16.7 Å². The zero-order chi connectivity index (χ0) is 14.8. The molecule has 2 rings (SSSR count). The maximum absolute atomic E-state index is 11.4. The summed E-state index contributed by atoms with van der Waals surface area (Å²) in [5, 5.41) is 8.37. The fraction of sp³-hybridized carbons (Fsp3) is 0.143. The van der Waals surface area contributed by atoms with Gasteiger partial charge in [-0.2, -0.15) is 0 Å². The summed E-state index contributed by atoms with van der Waals surface area (Å²) in [5.41, 5.74) is 2.82. The summed E-state index contributed by atoms with van der Waals surface area (Å²) in [5.74, 6) is 0. The minimum atomic E-state index is -3.68. The normalized spacial score (nSPS) is 11.3. The first-order valence-corrected chi connectivity index (χ1v) is 8.32. The van der Waals surface area contributed by atoms with E-state index in [9.17, 15) is 8.42 Å². The summed E-state index contributed by atoms with van der Waals surface area (Å²) in [4.78, 5) is 0.111. The lowest BCUT2D eigenvalue weighted by atomic mass is 10.2. The fourth-order valence-electron chi connectivity index (χ4n) is 1.81. The molecule has 0 amide bonds. The Morgan fingerprint density at radius 3 is 2.60 bits per heavy atom. The molecule has 0 heterocycles. The third kappa shape index (κ3) is 3.82. The third-order valence-electron chi connectivity index (χ3n) is 2.91. The van der Waals surface area contributed by atoms with E-state index in [2.05, 4.69) is 21.2 Å². The van der Waals surface area contributed by atoms with Gasteiger partial charge in [0.15, 0.2) is 0 Å². The molecule has 2 aromatic carbocycles. The van der Waals surface area contributed by atoms with Crippen molar-refractivity contribution in [3.05, 3.63) is 58.1 Å². The lowest BCUT2D eigenvalue weighted by Crippen LogP contribution is -2.13. The number of halogens is 1. The zero-order valence-electron chi connectivity index (χ0n) is 10.9. The van der Waals surface area contributed by atoms with E-state index in [1.54, 1.807) is 12.1 Å². The molecule has 0 unspecified atom stereocenters. The van der Waals surface area contributed by atoms with Crippen LogP contribution >= 0.6 is 15.9 Å². The van der Waals surface area contributed by atoms with Crippen LogP contribution in [0.15, 0.2) is 51.8 Å². The second-order valence-electron chi connectivity index (χ2n) is 4.51. The first-order valence-electron chi connectivity index (χ1n) is 5.98. The summed E-state index contributed by atoms with van der Waals surface area (Å²) in [6.45, 7) is 2.52. The first-order chi connectivity index (χ1) is 9.36. The molecule has 6 heteroatoms. The van der Waals surface area contributed by atoms with Crippen molar-refractivity contribution in [1.82, 2.24) is 0 Å². The summed E-state index contributed by atoms with van der Waals surface area (Å²) in [6.07, 6.45) is 0. The largest absolute Gasteiger partial charge is 0.381 e. The topological polar surface area (TPSA) is 72.2 Å². The SMILES string of the molecule is Cc1ccc(S(N)(=O)=O)cc1NCc1cccc(Br)c1. The molecule has 0 atom stereocenters. The van der Waals surface area contributed by atoms with E-state index >= 15 is 0 Å². The fourth-order valence-corrected chi connectivity index (χ4v) is 2.80. The van der Waals surface area contributed by atoms with Crippen molar-refractivity contribution in [3.8, 4) is 0 Å². The number of primary sulfonamides is 1. The number of anilines is 1. The maximum Gasteiger partial charge on any atom is 0.238 e. The molecule has 106 valence electrons. The van der Waals surface area contributed by atoms with E-state index in [1.807, 2.05) is 31.2 Å². The van der Waals surface area contributed by atoms with Gasteiger partial charge in [0.2, 0.25) is 10.0 Å². The van der Waals surface area contributed by atoms with Crippen LogP contribution in [0.3, 0.4) is 0 Å². The summed E-state index contributed by atoms with van der Waals surface area (Å²) in [7, 11) is -3.68. The Hall–Kier alpha value is -1.37. The molecule has 0 aliphatic heterocycles. The number of benzene rings is 2. The van der Waals surface area contributed by atoms with E-state index in [0.717, 1.165) is 21.3 Å². The van der Waals surface area contributed by atoms with Crippen LogP contribution in [0.4, 0.5) is 5.69 Å². The molecule has 0 aliphatic rings. The highest BCUT2D eigenvalue weighted by Gasteiger charge is 2.09. The molecule has 0 bridgehead atoms. The van der Waals surface area contributed by atoms with Crippen LogP contribution in [0.2, 0.25) is 0 Å². The molecular weight excluding hydrogens is 340 g/mol. The Morgan fingerprint density at radius 1 is 1.20 bits per heavy atom. The van der Waals surface area contributed by atoms with Crippen molar-refractivity contribution in [2.24, 2.45) is 5.14 Å². The van der Waals surface area contributed by atoms with Gasteiger partial charge in [-0.3, -0.25) is 0 Å². The Morgan fingerprint density at radius 2 is 1.95 bits per heavy atom. The zero-order valence-corrected chi connectivity index (χ0v) is 13.3. The van der Waals surface area contributed by atoms with Crippen LogP contribution in [-0.2, 0) is 16.6 Å². The Bertz CT molecular complexity index is 730. The molecule has 0 aromatic heterocycles. The van der Waals surface area contributed by atoms with Gasteiger partial charge in [0.25, 0.3) is 0 Å². The minimum Gasteiger partial charge on any atom is -0.381 e. The van der Waals surface area contributed by atoms with Crippen molar-refractivity contribution >= 4 is 31.6 Å². The van der Waals surface area contributed by atoms with Crippen LogP contribution in [0.1, 0.15) is 11.1 Å². The standard InChI is InChI=1S/C14H15BrN2O2S/c1-10-5-6-13(20(16,18)19)8-14(10)17-9-11-3-2-4-12(15)7-11/h2-8,17H,9H2,1H3,(H2,16,18,19). The highest BCUT2D eigenvalue weighted by Crippen LogP contribution is 2.20. The number of sulfonamides is 1. The summed E-state index contributed by atoms with van der Waals surface area (Å²) >= 11 is 3.42. The van der Waals surface area contributed by atoms with Crippen molar-refractivity contribution in [2.75, 3.05) is 5.32 Å². The average molecular weight is 355 g/mol. The highest BCUT2D eigenvalue weighted by molar-refractivity contribution is 9.10. The summed E-state index contributed by atoms with van der Waals surface area (Å²) < 4.78 is 23.7. The number of hydrogen-bond acceptors (Lipinski definition) is 3. The van der Waals surface area contributed by atoms with Crippen LogP contribution in [0.5, 0.6) is 0 Å². The molecule has 0 fully saturated rings. The Labute approximate surface area is 127 Å². The number of rotatable bonds is 4. The predicted octanol–water partition coefficient (Wildman–Crippen LogP) is 3.02. The van der Waals surface area contributed by atoms with Gasteiger partial charge in [0.1, 0.15) is 0 Å². The van der Waals surface area contributed by atoms with Crippen molar-refractivity contribution in [3.63, 3.8) is 0 Å². The van der Waals surface area contributed by atoms with Crippen LogP contribution < -0.4 is 10.5 Å². The minimum absolute atomic E-state index is 0.111. The molecule has 2 aromatic rings. The molecule has 4 nitrogen and oxygen atoms in total. The van der Waals surface area contributed by atoms with Crippen LogP contribution in [0.25, 0.3) is 0 Å². The molecule has 0 spiro atoms. The van der Waals surface area contributed by atoms with Crippen LogP contribution in [-0.4, -0.2) is 8.42 Å². The van der Waals surface area contributed by atoms with E-state index in [4.69, 9.17) is 5.14 Å². The van der Waals surface area contributed by atoms with Gasteiger partial charge < -0.3 is 5.32 Å². The number of aryl methyl sites for hydroxylation is 1. The van der Waals surface area contributed by atoms with Crippen molar-refractivity contribution in [2.45, 2.75) is 18.4 Å². The molecule has 0 radical (unpaired) electrons. The second kappa shape index (κ2) is 5.95. The molecule has 0 aliphatic carbocycles.